The van der Waals surface area contributed by atoms with Gasteiger partial charge in [0.25, 0.3) is 0 Å². The number of pyridine rings is 1. The van der Waals surface area contributed by atoms with Crippen LogP contribution in [0.2, 0.25) is 0 Å². The van der Waals surface area contributed by atoms with Gasteiger partial charge in [0.1, 0.15) is 0 Å². The molecule has 1 amide bonds. The Bertz CT molecular complexity index is 505. The molecule has 0 N–H and O–H groups in total. The van der Waals surface area contributed by atoms with E-state index in [1.54, 1.807) is 0 Å². The summed E-state index contributed by atoms with van der Waals surface area (Å²) >= 11 is 0. The minimum Gasteiger partial charge on any atom is -0.345 e. The molecule has 1 aliphatic carbocycles. The van der Waals surface area contributed by atoms with E-state index in [0.29, 0.717) is 11.9 Å². The highest BCUT2D eigenvalue weighted by atomic mass is 16.2. The molecule has 23 heavy (non-hydrogen) atoms. The zero-order chi connectivity index (χ0) is 16.1. The molecule has 0 bridgehead atoms. The minimum atomic E-state index is 0.190. The summed E-state index contributed by atoms with van der Waals surface area (Å²) in [5.74, 6) is 0.556. The first kappa shape index (κ1) is 16.4. The van der Waals surface area contributed by atoms with Crippen molar-refractivity contribution in [3.05, 3.63) is 30.1 Å². The van der Waals surface area contributed by atoms with E-state index in [-0.39, 0.29) is 5.92 Å². The second kappa shape index (κ2) is 7.91. The molecule has 4 nitrogen and oxygen atoms in total. The van der Waals surface area contributed by atoms with Gasteiger partial charge < -0.3 is 4.90 Å². The number of rotatable bonds is 2. The van der Waals surface area contributed by atoms with Gasteiger partial charge in [-0.2, -0.15) is 0 Å². The fraction of sp³-hybridized carbons (Fsp3) is 0.684. The molecule has 126 valence electrons. The van der Waals surface area contributed by atoms with E-state index in [1.807, 2.05) is 30.4 Å². The van der Waals surface area contributed by atoms with Crippen LogP contribution in [0.1, 0.15) is 50.5 Å². The molecule has 2 fully saturated rings. The van der Waals surface area contributed by atoms with Crippen LogP contribution in [-0.2, 0) is 11.3 Å². The standard InChI is InChI=1S/C19H29N3O/c1-21-12-4-2-3-5-13-22(15-16-8-7-11-20-14-16)18-10-6-9-17(18)19(21)23/h7-8,11,14,17-18H,2-6,9-10,12-13,15H2,1H3/t17-,18+/m1/s1. The van der Waals surface area contributed by atoms with Crippen molar-refractivity contribution in [2.24, 2.45) is 5.92 Å². The number of fused-ring (bicyclic) bond motifs is 1. The molecule has 1 saturated carbocycles. The van der Waals surface area contributed by atoms with E-state index in [4.69, 9.17) is 0 Å². The van der Waals surface area contributed by atoms with Gasteiger partial charge in [0.2, 0.25) is 5.91 Å². The first-order chi connectivity index (χ1) is 11.3. The predicted octanol–water partition coefficient (Wildman–Crippen LogP) is 3.08. The minimum absolute atomic E-state index is 0.190. The van der Waals surface area contributed by atoms with Gasteiger partial charge in [-0.3, -0.25) is 14.7 Å². The predicted molar refractivity (Wildman–Crippen MR) is 91.9 cm³/mol. The van der Waals surface area contributed by atoms with E-state index < -0.39 is 0 Å². The lowest BCUT2D eigenvalue weighted by Gasteiger charge is -2.33. The molecule has 1 aromatic heterocycles. The molecule has 1 saturated heterocycles. The fourth-order valence-corrected chi connectivity index (χ4v) is 4.16. The summed E-state index contributed by atoms with van der Waals surface area (Å²) in [4.78, 5) is 21.6. The third kappa shape index (κ3) is 4.11. The van der Waals surface area contributed by atoms with Crippen molar-refractivity contribution in [1.29, 1.82) is 0 Å². The van der Waals surface area contributed by atoms with Crippen molar-refractivity contribution in [2.45, 2.75) is 57.5 Å². The van der Waals surface area contributed by atoms with E-state index in [0.717, 1.165) is 38.9 Å². The molecule has 0 aromatic carbocycles. The normalized spacial score (nSPS) is 27.5. The maximum Gasteiger partial charge on any atom is 0.227 e. The van der Waals surface area contributed by atoms with Crippen molar-refractivity contribution in [1.82, 2.24) is 14.8 Å². The van der Waals surface area contributed by atoms with Crippen LogP contribution in [-0.4, -0.2) is 46.9 Å². The number of amides is 1. The average Bonchev–Trinajstić information content (AvgIpc) is 3.05. The van der Waals surface area contributed by atoms with Crippen LogP contribution < -0.4 is 0 Å². The van der Waals surface area contributed by atoms with Gasteiger partial charge in [0.05, 0.1) is 5.92 Å². The van der Waals surface area contributed by atoms with Crippen LogP contribution in [0.5, 0.6) is 0 Å². The molecule has 1 aliphatic heterocycles. The second-order valence-corrected chi connectivity index (χ2v) is 7.11. The van der Waals surface area contributed by atoms with Crippen LogP contribution in [0.25, 0.3) is 0 Å². The summed E-state index contributed by atoms with van der Waals surface area (Å²) in [6, 6.07) is 4.56. The van der Waals surface area contributed by atoms with E-state index in [1.165, 1.54) is 31.2 Å². The van der Waals surface area contributed by atoms with Crippen molar-refractivity contribution in [2.75, 3.05) is 20.1 Å². The van der Waals surface area contributed by atoms with Crippen LogP contribution in [0.3, 0.4) is 0 Å². The summed E-state index contributed by atoms with van der Waals surface area (Å²) in [6.07, 6.45) is 12.1. The highest BCUT2D eigenvalue weighted by Gasteiger charge is 2.38. The lowest BCUT2D eigenvalue weighted by molar-refractivity contribution is -0.136. The Labute approximate surface area is 139 Å². The number of carbonyl (C=O) groups is 1. The molecule has 0 unspecified atom stereocenters. The van der Waals surface area contributed by atoms with Crippen molar-refractivity contribution < 1.29 is 4.79 Å². The molecule has 3 rings (SSSR count). The van der Waals surface area contributed by atoms with E-state index in [2.05, 4.69) is 16.0 Å². The third-order valence-electron chi connectivity index (χ3n) is 5.44. The topological polar surface area (TPSA) is 36.4 Å². The van der Waals surface area contributed by atoms with Gasteiger partial charge in [-0.25, -0.2) is 0 Å². The molecule has 2 heterocycles. The van der Waals surface area contributed by atoms with Crippen molar-refractivity contribution in [3.8, 4) is 0 Å². The monoisotopic (exact) mass is 315 g/mol. The number of hydrogen-bond acceptors (Lipinski definition) is 3. The first-order valence-corrected chi connectivity index (χ1v) is 9.13. The Hall–Kier alpha value is -1.42. The Balaban J connectivity index is 1.78. The smallest absolute Gasteiger partial charge is 0.227 e. The molecule has 0 spiro atoms. The average molecular weight is 315 g/mol. The Morgan fingerprint density at radius 3 is 2.74 bits per heavy atom. The van der Waals surface area contributed by atoms with Gasteiger partial charge in [0, 0.05) is 38.6 Å². The molecule has 1 aromatic rings. The first-order valence-electron chi connectivity index (χ1n) is 9.13. The fourth-order valence-electron chi connectivity index (χ4n) is 4.16. The molecular weight excluding hydrogens is 286 g/mol. The van der Waals surface area contributed by atoms with E-state index >= 15 is 0 Å². The van der Waals surface area contributed by atoms with Crippen LogP contribution in [0.15, 0.2) is 24.5 Å². The zero-order valence-corrected chi connectivity index (χ0v) is 14.3. The van der Waals surface area contributed by atoms with Crippen LogP contribution in [0.4, 0.5) is 0 Å². The SMILES string of the molecule is CN1CCCCCCN(Cc2cccnc2)[C@H]2CCC[C@H]2C1=O. The lowest BCUT2D eigenvalue weighted by atomic mass is 9.99. The largest absolute Gasteiger partial charge is 0.345 e. The highest BCUT2D eigenvalue weighted by molar-refractivity contribution is 5.79. The summed E-state index contributed by atoms with van der Waals surface area (Å²) in [5, 5.41) is 0. The summed E-state index contributed by atoms with van der Waals surface area (Å²) in [7, 11) is 1.99. The maximum atomic E-state index is 12.8. The van der Waals surface area contributed by atoms with Gasteiger partial charge in [-0.15, -0.1) is 0 Å². The Kier molecular flexibility index (Phi) is 5.65. The van der Waals surface area contributed by atoms with E-state index in [9.17, 15) is 4.79 Å². The number of carbonyl (C=O) groups excluding carboxylic acids is 1. The van der Waals surface area contributed by atoms with Gasteiger partial charge in [0.15, 0.2) is 0 Å². The Morgan fingerprint density at radius 1 is 1.13 bits per heavy atom. The number of hydrogen-bond donors (Lipinski definition) is 0. The van der Waals surface area contributed by atoms with Gasteiger partial charge >= 0.3 is 0 Å². The zero-order valence-electron chi connectivity index (χ0n) is 14.3. The molecule has 4 heteroatoms. The molecule has 2 atom stereocenters. The number of nitrogens with zero attached hydrogens (tertiary/aromatic N) is 3. The Morgan fingerprint density at radius 2 is 1.96 bits per heavy atom. The van der Waals surface area contributed by atoms with Crippen LogP contribution in [0, 0.1) is 5.92 Å². The van der Waals surface area contributed by atoms with Crippen molar-refractivity contribution in [3.63, 3.8) is 0 Å². The second-order valence-electron chi connectivity index (χ2n) is 7.11. The van der Waals surface area contributed by atoms with Gasteiger partial charge in [-0.05, 0) is 43.9 Å². The maximum absolute atomic E-state index is 12.8. The van der Waals surface area contributed by atoms with Crippen molar-refractivity contribution >= 4 is 5.91 Å². The van der Waals surface area contributed by atoms with Gasteiger partial charge in [-0.1, -0.05) is 25.3 Å². The highest BCUT2D eigenvalue weighted by Crippen LogP contribution is 2.33. The molecule has 0 radical (unpaired) electrons. The van der Waals surface area contributed by atoms with Crippen LogP contribution >= 0.6 is 0 Å². The number of aromatic nitrogens is 1. The lowest BCUT2D eigenvalue weighted by Crippen LogP contribution is -2.44. The summed E-state index contributed by atoms with van der Waals surface area (Å²) in [6.45, 7) is 2.95. The quantitative estimate of drug-likeness (QED) is 0.841. The third-order valence-corrected chi connectivity index (χ3v) is 5.44. The summed E-state index contributed by atoms with van der Waals surface area (Å²) in [5.41, 5.74) is 1.26. The molecular formula is C19H29N3O. The summed E-state index contributed by atoms with van der Waals surface area (Å²) < 4.78 is 0. The molecule has 2 aliphatic rings.